The minimum Gasteiger partial charge on any atom is -0.440 e. The average Bonchev–Trinajstić information content (AvgIpc) is 3.46. The number of benzene rings is 2. The first-order valence-electron chi connectivity index (χ1n) is 8.89. The molecule has 0 spiro atoms. The summed E-state index contributed by atoms with van der Waals surface area (Å²) in [6, 6.07) is 11.1. The molecule has 0 radical (unpaired) electrons. The molecule has 0 saturated heterocycles. The van der Waals surface area contributed by atoms with Crippen molar-refractivity contribution < 1.29 is 17.6 Å². The lowest BCUT2D eigenvalue weighted by Gasteiger charge is -2.08. The van der Waals surface area contributed by atoms with E-state index in [2.05, 4.69) is 21.6 Å². The lowest BCUT2D eigenvalue weighted by atomic mass is 10.2. The molecule has 1 amide bonds. The monoisotopic (exact) mass is 397 g/mol. The van der Waals surface area contributed by atoms with Gasteiger partial charge in [0.25, 0.3) is 5.91 Å². The highest BCUT2D eigenvalue weighted by Crippen LogP contribution is 2.40. The van der Waals surface area contributed by atoms with Crippen molar-refractivity contribution in [1.82, 2.24) is 9.71 Å². The van der Waals surface area contributed by atoms with Crippen LogP contribution in [0.15, 0.2) is 64.4 Å². The van der Waals surface area contributed by atoms with Crippen molar-refractivity contribution in [3.8, 4) is 0 Å². The summed E-state index contributed by atoms with van der Waals surface area (Å²) in [6.45, 7) is 3.59. The Kier molecular flexibility index (Phi) is 4.74. The van der Waals surface area contributed by atoms with E-state index in [1.54, 1.807) is 24.3 Å². The van der Waals surface area contributed by atoms with Crippen molar-refractivity contribution in [1.29, 1.82) is 0 Å². The fraction of sp³-hybridized carbons (Fsp3) is 0.200. The largest absolute Gasteiger partial charge is 0.440 e. The molecule has 7 nitrogen and oxygen atoms in total. The van der Waals surface area contributed by atoms with E-state index in [0.717, 1.165) is 18.7 Å². The van der Waals surface area contributed by atoms with Gasteiger partial charge in [0.05, 0.1) is 4.90 Å². The number of aromatic nitrogens is 1. The summed E-state index contributed by atoms with van der Waals surface area (Å²) in [7, 11) is -3.70. The molecule has 0 bridgehead atoms. The molecular weight excluding hydrogens is 378 g/mol. The first-order chi connectivity index (χ1) is 13.5. The summed E-state index contributed by atoms with van der Waals surface area (Å²) in [6.07, 6.45) is 3.64. The SMILES string of the molecule is C=CCNS(=O)(=O)c1cccc(C(=O)Nc2ccc3oc(C4CC4)nc3c2)c1. The molecule has 0 aliphatic heterocycles. The van der Waals surface area contributed by atoms with Crippen LogP contribution in [0.4, 0.5) is 5.69 Å². The van der Waals surface area contributed by atoms with Crippen molar-refractivity contribution in [2.24, 2.45) is 0 Å². The molecule has 4 rings (SSSR count). The number of carbonyl (C=O) groups excluding carboxylic acids is 1. The molecule has 1 heterocycles. The number of amides is 1. The van der Waals surface area contributed by atoms with Gasteiger partial charge < -0.3 is 9.73 Å². The molecule has 2 aromatic carbocycles. The van der Waals surface area contributed by atoms with E-state index in [9.17, 15) is 13.2 Å². The molecule has 28 heavy (non-hydrogen) atoms. The standard InChI is InChI=1S/C20H19N3O4S/c1-2-10-21-28(25,26)16-5-3-4-14(11-16)19(24)22-15-8-9-18-17(12-15)23-20(27-18)13-6-7-13/h2-5,8-9,11-13,21H,1,6-7,10H2,(H,22,24). The summed E-state index contributed by atoms with van der Waals surface area (Å²) in [5.74, 6) is 0.735. The molecular formula is C20H19N3O4S. The molecule has 0 atom stereocenters. The number of rotatable bonds is 7. The van der Waals surface area contributed by atoms with Gasteiger partial charge in [0, 0.05) is 23.7 Å². The number of hydrogen-bond acceptors (Lipinski definition) is 5. The van der Waals surface area contributed by atoms with E-state index in [0.29, 0.717) is 22.7 Å². The molecule has 1 fully saturated rings. The third kappa shape index (κ3) is 3.83. The molecule has 8 heteroatoms. The number of nitrogens with one attached hydrogen (secondary N) is 2. The number of nitrogens with zero attached hydrogens (tertiary/aromatic N) is 1. The Morgan fingerprint density at radius 2 is 2.07 bits per heavy atom. The number of hydrogen-bond donors (Lipinski definition) is 2. The highest BCUT2D eigenvalue weighted by atomic mass is 32.2. The molecule has 1 aliphatic carbocycles. The Morgan fingerprint density at radius 3 is 2.82 bits per heavy atom. The van der Waals surface area contributed by atoms with Crippen molar-refractivity contribution in [2.75, 3.05) is 11.9 Å². The van der Waals surface area contributed by atoms with Gasteiger partial charge in [0.1, 0.15) is 5.52 Å². The van der Waals surface area contributed by atoms with Crippen molar-refractivity contribution in [2.45, 2.75) is 23.7 Å². The van der Waals surface area contributed by atoms with Crippen LogP contribution in [0.2, 0.25) is 0 Å². The molecule has 0 unspecified atom stereocenters. The third-order valence-corrected chi connectivity index (χ3v) is 5.83. The topological polar surface area (TPSA) is 101 Å². The molecule has 1 saturated carbocycles. The Balaban J connectivity index is 1.54. The second-order valence-electron chi connectivity index (χ2n) is 6.63. The first-order valence-corrected chi connectivity index (χ1v) is 10.4. The maximum absolute atomic E-state index is 12.6. The van der Waals surface area contributed by atoms with Crippen LogP contribution in [0.5, 0.6) is 0 Å². The molecule has 1 aliphatic rings. The first kappa shape index (κ1) is 18.4. The van der Waals surface area contributed by atoms with E-state index in [1.807, 2.05) is 0 Å². The predicted octanol–water partition coefficient (Wildman–Crippen LogP) is 3.42. The summed E-state index contributed by atoms with van der Waals surface area (Å²) in [5.41, 5.74) is 2.16. The van der Waals surface area contributed by atoms with Crippen LogP contribution in [0.3, 0.4) is 0 Å². The highest BCUT2D eigenvalue weighted by molar-refractivity contribution is 7.89. The van der Waals surface area contributed by atoms with Crippen LogP contribution in [-0.2, 0) is 10.0 Å². The Hall–Kier alpha value is -2.97. The van der Waals surface area contributed by atoms with Crippen molar-refractivity contribution in [3.05, 3.63) is 66.6 Å². The molecule has 3 aromatic rings. The normalized spacial score (nSPS) is 14.1. The third-order valence-electron chi connectivity index (χ3n) is 4.41. The van der Waals surface area contributed by atoms with Gasteiger partial charge in [-0.1, -0.05) is 12.1 Å². The van der Waals surface area contributed by atoms with E-state index in [-0.39, 0.29) is 17.0 Å². The van der Waals surface area contributed by atoms with Gasteiger partial charge in [0.2, 0.25) is 10.0 Å². The van der Waals surface area contributed by atoms with Crippen LogP contribution >= 0.6 is 0 Å². The smallest absolute Gasteiger partial charge is 0.255 e. The molecule has 144 valence electrons. The quantitative estimate of drug-likeness (QED) is 0.595. The van der Waals surface area contributed by atoms with Gasteiger partial charge in [-0.15, -0.1) is 6.58 Å². The number of oxazole rings is 1. The van der Waals surface area contributed by atoms with Crippen LogP contribution in [0.25, 0.3) is 11.1 Å². The second kappa shape index (κ2) is 7.21. The van der Waals surface area contributed by atoms with Crippen molar-refractivity contribution >= 4 is 32.7 Å². The Bertz CT molecular complexity index is 1160. The Morgan fingerprint density at radius 1 is 1.25 bits per heavy atom. The second-order valence-corrected chi connectivity index (χ2v) is 8.40. The van der Waals surface area contributed by atoms with Gasteiger partial charge >= 0.3 is 0 Å². The van der Waals surface area contributed by atoms with Crippen LogP contribution in [-0.4, -0.2) is 25.9 Å². The summed E-state index contributed by atoms with van der Waals surface area (Å²) in [4.78, 5) is 17.1. The zero-order chi connectivity index (χ0) is 19.7. The number of fused-ring (bicyclic) bond motifs is 1. The maximum Gasteiger partial charge on any atom is 0.255 e. The van der Waals surface area contributed by atoms with Crippen molar-refractivity contribution in [3.63, 3.8) is 0 Å². The summed E-state index contributed by atoms with van der Waals surface area (Å²) in [5, 5.41) is 2.77. The van der Waals surface area contributed by atoms with Gasteiger partial charge in [0.15, 0.2) is 11.5 Å². The van der Waals surface area contributed by atoms with E-state index < -0.39 is 15.9 Å². The summed E-state index contributed by atoms with van der Waals surface area (Å²) >= 11 is 0. The molecule has 2 N–H and O–H groups in total. The Labute approximate surface area is 162 Å². The fourth-order valence-corrected chi connectivity index (χ4v) is 3.83. The minimum absolute atomic E-state index is 0.0167. The number of carbonyl (C=O) groups is 1. The lowest BCUT2D eigenvalue weighted by molar-refractivity contribution is 0.102. The van der Waals surface area contributed by atoms with Gasteiger partial charge in [-0.3, -0.25) is 4.79 Å². The van der Waals surface area contributed by atoms with Gasteiger partial charge in [-0.2, -0.15) is 0 Å². The zero-order valence-electron chi connectivity index (χ0n) is 15.0. The highest BCUT2D eigenvalue weighted by Gasteiger charge is 2.28. The molecule has 1 aromatic heterocycles. The summed E-state index contributed by atoms with van der Waals surface area (Å²) < 4.78 is 32.5. The van der Waals surface area contributed by atoms with Crippen LogP contribution < -0.4 is 10.0 Å². The predicted molar refractivity (Wildman–Crippen MR) is 106 cm³/mol. The zero-order valence-corrected chi connectivity index (χ0v) is 15.8. The van der Waals surface area contributed by atoms with Gasteiger partial charge in [-0.25, -0.2) is 18.1 Å². The lowest BCUT2D eigenvalue weighted by Crippen LogP contribution is -2.24. The number of sulfonamides is 1. The van der Waals surface area contributed by atoms with Crippen LogP contribution in [0, 0.1) is 0 Å². The minimum atomic E-state index is -3.70. The fourth-order valence-electron chi connectivity index (χ4n) is 2.79. The van der Waals surface area contributed by atoms with Crippen LogP contribution in [0.1, 0.15) is 35.0 Å². The van der Waals surface area contributed by atoms with E-state index in [4.69, 9.17) is 4.42 Å². The van der Waals surface area contributed by atoms with E-state index >= 15 is 0 Å². The number of anilines is 1. The maximum atomic E-state index is 12.6. The average molecular weight is 397 g/mol. The van der Waals surface area contributed by atoms with Gasteiger partial charge in [-0.05, 0) is 49.2 Å². The van der Waals surface area contributed by atoms with E-state index in [1.165, 1.54) is 24.3 Å².